The van der Waals surface area contributed by atoms with Crippen LogP contribution in [-0.2, 0) is 0 Å². The van der Waals surface area contributed by atoms with Gasteiger partial charge in [-0.1, -0.05) is 43.9 Å². The van der Waals surface area contributed by atoms with Gasteiger partial charge in [0.1, 0.15) is 4.75 Å². The van der Waals surface area contributed by atoms with E-state index in [-0.39, 0.29) is 4.75 Å². The number of rotatable bonds is 2. The predicted molar refractivity (Wildman–Crippen MR) is 84.7 cm³/mol. The first-order chi connectivity index (χ1) is 9.67. The van der Waals surface area contributed by atoms with E-state index in [1.807, 2.05) is 11.8 Å². The molecule has 0 aliphatic heterocycles. The summed E-state index contributed by atoms with van der Waals surface area (Å²) in [4.78, 5) is 1.29. The molecular formula is C18H23NS. The molecule has 0 aromatic heterocycles. The second-order valence-corrected chi connectivity index (χ2v) is 8.17. The topological polar surface area (TPSA) is 23.8 Å². The summed E-state index contributed by atoms with van der Waals surface area (Å²) in [5.74, 6) is 0. The normalized spacial score (nSPS) is 23.6. The number of hydrogen-bond acceptors (Lipinski definition) is 2. The van der Waals surface area contributed by atoms with Gasteiger partial charge in [-0.15, -0.1) is 11.8 Å². The van der Waals surface area contributed by atoms with Crippen LogP contribution in [0.1, 0.15) is 56.9 Å². The van der Waals surface area contributed by atoms with Crippen LogP contribution in [0.5, 0.6) is 0 Å². The Balaban J connectivity index is 1.73. The molecule has 0 amide bonds. The molecular weight excluding hydrogens is 262 g/mol. The third kappa shape index (κ3) is 2.61. The Morgan fingerprint density at radius 2 is 1.70 bits per heavy atom. The van der Waals surface area contributed by atoms with Gasteiger partial charge in [0, 0.05) is 4.90 Å². The maximum absolute atomic E-state index is 9.70. The van der Waals surface area contributed by atoms with Gasteiger partial charge in [0.05, 0.1) is 6.07 Å². The Kier molecular flexibility index (Phi) is 3.82. The maximum Gasteiger partial charge on any atom is 0.108 e. The largest absolute Gasteiger partial charge is 0.197 e. The van der Waals surface area contributed by atoms with Crippen LogP contribution in [0, 0.1) is 23.7 Å². The Morgan fingerprint density at radius 1 is 1.05 bits per heavy atom. The molecule has 0 bridgehead atoms. The van der Waals surface area contributed by atoms with Crippen molar-refractivity contribution < 1.29 is 0 Å². The number of thioether (sulfide) groups is 1. The highest BCUT2D eigenvalue weighted by Gasteiger charge is 2.55. The van der Waals surface area contributed by atoms with Crippen LogP contribution >= 0.6 is 11.8 Å². The Morgan fingerprint density at radius 3 is 2.30 bits per heavy atom. The van der Waals surface area contributed by atoms with E-state index >= 15 is 0 Å². The van der Waals surface area contributed by atoms with Crippen molar-refractivity contribution in [1.82, 2.24) is 0 Å². The fraction of sp³-hybridized carbons (Fsp3) is 0.611. The number of nitriles is 1. The molecule has 0 N–H and O–H groups in total. The van der Waals surface area contributed by atoms with Crippen molar-refractivity contribution in [1.29, 1.82) is 5.26 Å². The molecule has 1 spiro atoms. The summed E-state index contributed by atoms with van der Waals surface area (Å²) in [6.45, 7) is 2.15. The van der Waals surface area contributed by atoms with E-state index in [2.05, 4.69) is 37.3 Å². The molecule has 0 saturated heterocycles. The lowest BCUT2D eigenvalue weighted by molar-refractivity contribution is 0.0882. The zero-order valence-electron chi connectivity index (χ0n) is 12.3. The molecule has 1 aromatic rings. The lowest BCUT2D eigenvalue weighted by Crippen LogP contribution is -2.48. The molecule has 0 unspecified atom stereocenters. The van der Waals surface area contributed by atoms with E-state index in [0.29, 0.717) is 5.41 Å². The SMILES string of the molecule is Cc1ccccc1SC1(C#N)CC2(CCCCCC2)C1. The standard InChI is InChI=1S/C18H23NS/c1-15-8-4-5-9-16(15)20-18(14-19)12-17(13-18)10-6-2-3-7-11-17/h4-5,8-9H,2-3,6-7,10-13H2,1H3. The fourth-order valence-corrected chi connectivity index (χ4v) is 5.65. The first-order valence-electron chi connectivity index (χ1n) is 7.83. The van der Waals surface area contributed by atoms with Gasteiger partial charge in [-0.2, -0.15) is 5.26 Å². The van der Waals surface area contributed by atoms with Crippen LogP contribution in [0.4, 0.5) is 0 Å². The van der Waals surface area contributed by atoms with Crippen LogP contribution in [0.15, 0.2) is 29.2 Å². The van der Waals surface area contributed by atoms with Crippen molar-refractivity contribution in [2.45, 2.75) is 67.9 Å². The molecule has 2 aliphatic carbocycles. The van der Waals surface area contributed by atoms with E-state index in [0.717, 1.165) is 12.8 Å². The minimum atomic E-state index is -0.156. The van der Waals surface area contributed by atoms with E-state index in [9.17, 15) is 5.26 Å². The molecule has 3 rings (SSSR count). The second kappa shape index (κ2) is 5.45. The van der Waals surface area contributed by atoms with Gasteiger partial charge in [0.15, 0.2) is 0 Å². The van der Waals surface area contributed by atoms with Crippen molar-refractivity contribution >= 4 is 11.8 Å². The van der Waals surface area contributed by atoms with E-state index in [4.69, 9.17) is 0 Å². The van der Waals surface area contributed by atoms with Gasteiger partial charge < -0.3 is 0 Å². The molecule has 0 radical (unpaired) electrons. The zero-order valence-corrected chi connectivity index (χ0v) is 13.1. The van der Waals surface area contributed by atoms with Gasteiger partial charge in [-0.05, 0) is 49.7 Å². The molecule has 1 nitrogen and oxygen atoms in total. The van der Waals surface area contributed by atoms with E-state index < -0.39 is 0 Å². The molecule has 2 aliphatic rings. The summed E-state index contributed by atoms with van der Waals surface area (Å²) in [6.07, 6.45) is 10.5. The van der Waals surface area contributed by atoms with Crippen molar-refractivity contribution in [3.05, 3.63) is 29.8 Å². The lowest BCUT2D eigenvalue weighted by Gasteiger charge is -2.52. The highest BCUT2D eigenvalue weighted by molar-refractivity contribution is 8.01. The molecule has 106 valence electrons. The average molecular weight is 285 g/mol. The van der Waals surface area contributed by atoms with Crippen LogP contribution < -0.4 is 0 Å². The van der Waals surface area contributed by atoms with Crippen molar-refractivity contribution in [2.75, 3.05) is 0 Å². The van der Waals surface area contributed by atoms with Crippen LogP contribution in [0.25, 0.3) is 0 Å². The molecule has 1 aromatic carbocycles. The van der Waals surface area contributed by atoms with Crippen LogP contribution in [-0.4, -0.2) is 4.75 Å². The first-order valence-corrected chi connectivity index (χ1v) is 8.65. The number of benzene rings is 1. The third-order valence-corrected chi connectivity index (χ3v) is 6.54. The van der Waals surface area contributed by atoms with Gasteiger partial charge in [0.2, 0.25) is 0 Å². The molecule has 0 heterocycles. The minimum Gasteiger partial charge on any atom is -0.197 e. The highest BCUT2D eigenvalue weighted by atomic mass is 32.2. The molecule has 2 saturated carbocycles. The molecule has 20 heavy (non-hydrogen) atoms. The Bertz CT molecular complexity index is 512. The zero-order chi connectivity index (χ0) is 14.1. The summed E-state index contributed by atoms with van der Waals surface area (Å²) in [5, 5.41) is 9.70. The van der Waals surface area contributed by atoms with Crippen molar-refractivity contribution in [3.8, 4) is 6.07 Å². The third-order valence-electron chi connectivity index (χ3n) is 5.09. The van der Waals surface area contributed by atoms with Crippen molar-refractivity contribution in [2.24, 2.45) is 5.41 Å². The lowest BCUT2D eigenvalue weighted by atomic mass is 9.58. The number of hydrogen-bond donors (Lipinski definition) is 0. The number of aryl methyl sites for hydroxylation is 1. The molecule has 0 atom stereocenters. The highest BCUT2D eigenvalue weighted by Crippen LogP contribution is 2.62. The Hall–Kier alpha value is -0.940. The summed E-state index contributed by atoms with van der Waals surface area (Å²) in [7, 11) is 0. The monoisotopic (exact) mass is 285 g/mol. The van der Waals surface area contributed by atoms with E-state index in [1.54, 1.807) is 0 Å². The Labute approximate surface area is 126 Å². The van der Waals surface area contributed by atoms with Crippen LogP contribution in [0.3, 0.4) is 0 Å². The smallest absolute Gasteiger partial charge is 0.108 e. The fourth-order valence-electron chi connectivity index (χ4n) is 4.05. The van der Waals surface area contributed by atoms with Gasteiger partial charge in [0.25, 0.3) is 0 Å². The summed E-state index contributed by atoms with van der Waals surface area (Å²) in [5.41, 5.74) is 1.80. The molecule has 2 heteroatoms. The minimum absolute atomic E-state index is 0.156. The first kappa shape index (κ1) is 14.0. The maximum atomic E-state index is 9.70. The van der Waals surface area contributed by atoms with Gasteiger partial charge >= 0.3 is 0 Å². The average Bonchev–Trinajstić information content (AvgIpc) is 2.66. The van der Waals surface area contributed by atoms with Gasteiger partial charge in [-0.3, -0.25) is 0 Å². The summed E-state index contributed by atoms with van der Waals surface area (Å²) < 4.78 is -0.156. The second-order valence-electron chi connectivity index (χ2n) is 6.74. The number of nitrogens with zero attached hydrogens (tertiary/aromatic N) is 1. The van der Waals surface area contributed by atoms with Crippen molar-refractivity contribution in [3.63, 3.8) is 0 Å². The quantitative estimate of drug-likeness (QED) is 0.718. The molecule has 2 fully saturated rings. The van der Waals surface area contributed by atoms with Crippen LogP contribution in [0.2, 0.25) is 0 Å². The summed E-state index contributed by atoms with van der Waals surface area (Å²) >= 11 is 1.82. The van der Waals surface area contributed by atoms with E-state index in [1.165, 1.54) is 49.0 Å². The predicted octanol–water partition coefficient (Wildman–Crippen LogP) is 5.48. The summed E-state index contributed by atoms with van der Waals surface area (Å²) in [6, 6.07) is 11.1. The van der Waals surface area contributed by atoms with Gasteiger partial charge in [-0.25, -0.2) is 0 Å².